The first-order valence-electron chi connectivity index (χ1n) is 21.4. The third kappa shape index (κ3) is 8.47. The molecule has 12 heteroatoms. The van der Waals surface area contributed by atoms with Crippen molar-refractivity contribution in [1.82, 2.24) is 19.9 Å². The Balaban J connectivity index is 1.24. The zero-order chi connectivity index (χ0) is 45.4. The molecule has 6 aromatic rings. The summed E-state index contributed by atoms with van der Waals surface area (Å²) in [6.45, 7) is 15.0. The molecule has 0 saturated heterocycles. The van der Waals surface area contributed by atoms with Crippen LogP contribution in [0.5, 0.6) is 11.5 Å². The molecule has 0 atom stereocenters. The summed E-state index contributed by atoms with van der Waals surface area (Å²) >= 11 is 0. The summed E-state index contributed by atoms with van der Waals surface area (Å²) in [6.07, 6.45) is 1.38. The number of rotatable bonds is 12. The number of esters is 2. The van der Waals surface area contributed by atoms with E-state index in [2.05, 4.69) is 69.7 Å². The van der Waals surface area contributed by atoms with E-state index < -0.39 is 5.63 Å². The molecule has 12 nitrogen and oxygen atoms in total. The Hall–Kier alpha value is -7.21. The maximum atomic E-state index is 12.4. The minimum Gasteiger partial charge on any atom is -0.490 e. The van der Waals surface area contributed by atoms with Crippen molar-refractivity contribution in [2.24, 2.45) is 0 Å². The highest BCUT2D eigenvalue weighted by molar-refractivity contribution is 6.01. The van der Waals surface area contributed by atoms with Gasteiger partial charge in [-0.05, 0) is 159 Å². The summed E-state index contributed by atoms with van der Waals surface area (Å²) in [5, 5.41) is 0.861. The van der Waals surface area contributed by atoms with Crippen molar-refractivity contribution >= 4 is 67.3 Å². The molecule has 2 N–H and O–H groups in total. The lowest BCUT2D eigenvalue weighted by Gasteiger charge is -2.12. The van der Waals surface area contributed by atoms with Crippen molar-refractivity contribution in [3.63, 3.8) is 0 Å². The van der Waals surface area contributed by atoms with E-state index >= 15 is 0 Å². The van der Waals surface area contributed by atoms with Gasteiger partial charge in [-0.2, -0.15) is 0 Å². The van der Waals surface area contributed by atoms with Gasteiger partial charge in [-0.1, -0.05) is 12.1 Å². The minimum atomic E-state index is -0.396. The van der Waals surface area contributed by atoms with Gasteiger partial charge in [0, 0.05) is 58.0 Å². The number of nitrogens with one attached hydrogen (secondary N) is 2. The van der Waals surface area contributed by atoms with Gasteiger partial charge < -0.3 is 33.3 Å². The van der Waals surface area contributed by atoms with Gasteiger partial charge in [0.2, 0.25) is 0 Å². The van der Waals surface area contributed by atoms with Gasteiger partial charge in [-0.15, -0.1) is 0 Å². The highest BCUT2D eigenvalue weighted by Gasteiger charge is 2.25. The van der Waals surface area contributed by atoms with E-state index in [4.69, 9.17) is 33.3 Å². The lowest BCUT2D eigenvalue weighted by Crippen LogP contribution is -2.09. The molecular weight excluding hydrogens is 809 g/mol. The molecule has 64 heavy (non-hydrogen) atoms. The number of aryl methyl sites for hydroxylation is 5. The zero-order valence-electron chi connectivity index (χ0n) is 37.8. The van der Waals surface area contributed by atoms with E-state index in [0.717, 1.165) is 111 Å². The number of aromatic nitrogens is 4. The van der Waals surface area contributed by atoms with E-state index in [1.165, 1.54) is 20.3 Å². The van der Waals surface area contributed by atoms with Gasteiger partial charge in [0.05, 0.1) is 37.0 Å². The third-order valence-electron chi connectivity index (χ3n) is 12.6. The number of hydrogen-bond acceptors (Lipinski definition) is 10. The molecule has 0 saturated carbocycles. The van der Waals surface area contributed by atoms with Crippen LogP contribution in [0.4, 0.5) is 0 Å². The molecule has 2 aliphatic rings. The highest BCUT2D eigenvalue weighted by atomic mass is 16.5. The van der Waals surface area contributed by atoms with Gasteiger partial charge in [-0.3, -0.25) is 9.59 Å². The summed E-state index contributed by atoms with van der Waals surface area (Å²) in [4.78, 5) is 54.8. The van der Waals surface area contributed by atoms with Crippen LogP contribution in [-0.2, 0) is 31.9 Å². The molecule has 6 heterocycles. The van der Waals surface area contributed by atoms with Crippen LogP contribution in [-0.4, -0.2) is 59.3 Å². The standard InChI is InChI=1S/C52H52N4O8/c1-27-22-49(59)64-46-23-36(14-15-37(27)46)63-21-20-62-35-12-10-34(11-13-35)50-51-30(4)28(2)40(55-51)24-42-32(6)38(16-18-47(57)60-8)44(53-42)26-45-39(17-19-48(58)61-9)33(7)43(54-45)25-41-29(3)31(5)52(50)56-41/h10-15,22-26,53-54H,16-21H2,1-9H3. The number of carbonyl (C=O) groups is 2. The molecule has 0 aliphatic carbocycles. The molecule has 0 radical (unpaired) electrons. The minimum absolute atomic E-state index is 0.219. The predicted molar refractivity (Wildman–Crippen MR) is 251 cm³/mol. The van der Waals surface area contributed by atoms with Crippen LogP contribution in [0.25, 0.3) is 66.5 Å². The van der Waals surface area contributed by atoms with Gasteiger partial charge in [0.15, 0.2) is 0 Å². The van der Waals surface area contributed by atoms with Crippen LogP contribution in [0.15, 0.2) is 75.9 Å². The van der Waals surface area contributed by atoms with E-state index in [1.807, 2.05) is 43.3 Å². The summed E-state index contributed by atoms with van der Waals surface area (Å²) in [6, 6.07) is 21.1. The van der Waals surface area contributed by atoms with Crippen LogP contribution in [0.3, 0.4) is 0 Å². The van der Waals surface area contributed by atoms with E-state index in [-0.39, 0.29) is 31.4 Å². The quantitative estimate of drug-likeness (QED) is 0.0689. The number of carbonyl (C=O) groups excluding carboxylic acids is 2. The van der Waals surface area contributed by atoms with Crippen molar-refractivity contribution < 1.29 is 33.0 Å². The first kappa shape index (κ1) is 43.4. The van der Waals surface area contributed by atoms with Crippen molar-refractivity contribution in [3.05, 3.63) is 128 Å². The lowest BCUT2D eigenvalue weighted by atomic mass is 9.94. The maximum absolute atomic E-state index is 12.4. The summed E-state index contributed by atoms with van der Waals surface area (Å²) < 4.78 is 27.5. The Bertz CT molecular complexity index is 3030. The Morgan fingerprint density at radius 2 is 1.09 bits per heavy atom. The number of ether oxygens (including phenoxy) is 4. The van der Waals surface area contributed by atoms with Crippen LogP contribution >= 0.6 is 0 Å². The molecule has 0 fully saturated rings. The summed E-state index contributed by atoms with van der Waals surface area (Å²) in [5.41, 5.74) is 17.7. The molecule has 0 unspecified atom stereocenters. The number of benzene rings is 2. The third-order valence-corrected chi connectivity index (χ3v) is 12.6. The second-order valence-electron chi connectivity index (χ2n) is 16.4. The molecule has 8 rings (SSSR count). The molecule has 0 amide bonds. The van der Waals surface area contributed by atoms with Crippen LogP contribution in [0, 0.1) is 20.8 Å². The zero-order valence-corrected chi connectivity index (χ0v) is 37.8. The molecule has 328 valence electrons. The van der Waals surface area contributed by atoms with Gasteiger partial charge >= 0.3 is 17.6 Å². The highest BCUT2D eigenvalue weighted by Crippen LogP contribution is 2.42. The van der Waals surface area contributed by atoms with Crippen LogP contribution in [0.2, 0.25) is 0 Å². The second-order valence-corrected chi connectivity index (χ2v) is 16.4. The average molecular weight is 861 g/mol. The first-order chi connectivity index (χ1) is 30.7. The smallest absolute Gasteiger partial charge is 0.336 e. The summed E-state index contributed by atoms with van der Waals surface area (Å²) in [5.74, 6) is 0.685. The number of fused-ring (bicyclic) bond motifs is 9. The van der Waals surface area contributed by atoms with Crippen molar-refractivity contribution in [1.29, 1.82) is 0 Å². The second kappa shape index (κ2) is 17.9. The molecule has 8 bridgehead atoms. The number of aromatic amines is 2. The van der Waals surface area contributed by atoms with E-state index in [9.17, 15) is 14.4 Å². The normalized spacial score (nSPS) is 12.6. The first-order valence-corrected chi connectivity index (χ1v) is 21.4. The SMILES string of the molecule is COC(=O)CCc1c(C)c2cc3nc(c(-c4ccc(OCCOc5ccc6c(C)cc(=O)oc6c5)cc4)c4nc(cc5[nH]c(cc1[nH]2)c(CCC(=O)OC)c5C)C(C)=C4C)C(C)=C3C. The van der Waals surface area contributed by atoms with Crippen molar-refractivity contribution in [2.45, 2.75) is 74.1 Å². The van der Waals surface area contributed by atoms with E-state index in [1.54, 1.807) is 6.07 Å². The van der Waals surface area contributed by atoms with Gasteiger partial charge in [-0.25, -0.2) is 14.8 Å². The maximum Gasteiger partial charge on any atom is 0.336 e. The monoisotopic (exact) mass is 860 g/mol. The van der Waals surface area contributed by atoms with Crippen molar-refractivity contribution in [3.8, 4) is 22.6 Å². The number of nitrogens with zero attached hydrogens (tertiary/aromatic N) is 2. The molecule has 4 aromatic heterocycles. The van der Waals surface area contributed by atoms with Gasteiger partial charge in [0.1, 0.15) is 30.3 Å². The Kier molecular flexibility index (Phi) is 12.1. The number of methoxy groups -OCH3 is 2. The lowest BCUT2D eigenvalue weighted by molar-refractivity contribution is -0.141. The Morgan fingerprint density at radius 3 is 1.61 bits per heavy atom. The van der Waals surface area contributed by atoms with Crippen LogP contribution in [0.1, 0.15) is 91.1 Å². The number of hydrogen-bond donors (Lipinski definition) is 2. The van der Waals surface area contributed by atoms with Crippen molar-refractivity contribution in [2.75, 3.05) is 27.4 Å². The topological polar surface area (TPSA) is 159 Å². The fourth-order valence-corrected chi connectivity index (χ4v) is 8.51. The average Bonchev–Trinajstić information content (AvgIpc) is 3.93. The molecular formula is C52H52N4O8. The number of allylic oxidation sites excluding steroid dienone is 4. The molecule has 2 aliphatic heterocycles. The molecule has 2 aromatic carbocycles. The fourth-order valence-electron chi connectivity index (χ4n) is 8.51. The Labute approximate surface area is 371 Å². The molecule has 0 spiro atoms. The van der Waals surface area contributed by atoms with Gasteiger partial charge in [0.25, 0.3) is 0 Å². The van der Waals surface area contributed by atoms with Crippen LogP contribution < -0.4 is 15.1 Å². The summed E-state index contributed by atoms with van der Waals surface area (Å²) in [7, 11) is 2.81. The largest absolute Gasteiger partial charge is 0.490 e. The van der Waals surface area contributed by atoms with E-state index in [0.29, 0.717) is 36.5 Å². The predicted octanol–water partition coefficient (Wildman–Crippen LogP) is 10.6. The Morgan fingerprint density at radius 1 is 0.594 bits per heavy atom. The fraction of sp³-hybridized carbons (Fsp3) is 0.288. The number of H-pyrrole nitrogens is 2.